The molecular weight excluding hydrogens is 264 g/mol. The molecule has 0 fully saturated rings. The van der Waals surface area contributed by atoms with Crippen molar-refractivity contribution in [3.8, 4) is 0 Å². The third-order valence-electron chi connectivity index (χ3n) is 3.67. The van der Waals surface area contributed by atoms with Crippen molar-refractivity contribution in [1.82, 2.24) is 0 Å². The van der Waals surface area contributed by atoms with Gasteiger partial charge in [0.05, 0.1) is 11.4 Å². The first-order valence-electron chi connectivity index (χ1n) is 6.83. The summed E-state index contributed by atoms with van der Waals surface area (Å²) in [5, 5.41) is 0. The Hall–Kier alpha value is -2.62. The molecule has 0 saturated heterocycles. The van der Waals surface area contributed by atoms with Gasteiger partial charge in [-0.1, -0.05) is 24.3 Å². The Morgan fingerprint density at radius 2 is 1.62 bits per heavy atom. The molecule has 106 valence electrons. The molecule has 4 heteroatoms. The van der Waals surface area contributed by atoms with E-state index >= 15 is 0 Å². The summed E-state index contributed by atoms with van der Waals surface area (Å²) in [6, 6.07) is 15.2. The molecule has 0 saturated carbocycles. The second-order valence-corrected chi connectivity index (χ2v) is 5.19. The van der Waals surface area contributed by atoms with Gasteiger partial charge in [0.2, 0.25) is 11.8 Å². The number of hydrogen-bond acceptors (Lipinski definition) is 2. The zero-order valence-corrected chi connectivity index (χ0v) is 12.0. The summed E-state index contributed by atoms with van der Waals surface area (Å²) < 4.78 is 0. The Labute approximate surface area is 123 Å². The van der Waals surface area contributed by atoms with Crippen LogP contribution in [0.1, 0.15) is 12.0 Å². The van der Waals surface area contributed by atoms with Crippen LogP contribution in [-0.4, -0.2) is 18.9 Å². The Morgan fingerprint density at radius 1 is 0.905 bits per heavy atom. The summed E-state index contributed by atoms with van der Waals surface area (Å²) >= 11 is 0. The van der Waals surface area contributed by atoms with Crippen LogP contribution in [-0.2, 0) is 9.59 Å². The van der Waals surface area contributed by atoms with E-state index in [1.54, 1.807) is 16.8 Å². The molecule has 21 heavy (non-hydrogen) atoms. The van der Waals surface area contributed by atoms with Crippen LogP contribution >= 0.6 is 0 Å². The van der Waals surface area contributed by atoms with Gasteiger partial charge < -0.3 is 4.90 Å². The lowest BCUT2D eigenvalue weighted by molar-refractivity contribution is -0.125. The first-order chi connectivity index (χ1) is 10.1. The summed E-state index contributed by atoms with van der Waals surface area (Å²) in [4.78, 5) is 27.8. The summed E-state index contributed by atoms with van der Waals surface area (Å²) in [6.45, 7) is 1.97. The summed E-state index contributed by atoms with van der Waals surface area (Å²) in [7, 11) is 1.71. The Balaban J connectivity index is 2.24. The SMILES string of the molecule is Cc1ccc2c(c1)N(c1ccccc1)C(=O)CC(=O)N2C. The number of amides is 2. The minimum atomic E-state index is -0.206. The number of benzene rings is 2. The number of rotatable bonds is 1. The van der Waals surface area contributed by atoms with Crippen LogP contribution in [0.2, 0.25) is 0 Å². The number of carbonyl (C=O) groups excluding carboxylic acids is 2. The monoisotopic (exact) mass is 280 g/mol. The number of para-hydroxylation sites is 1. The van der Waals surface area contributed by atoms with Gasteiger partial charge in [0.1, 0.15) is 6.42 Å². The molecule has 0 aromatic heterocycles. The standard InChI is InChI=1S/C17H16N2O2/c1-12-8-9-14-15(10-12)19(13-6-4-3-5-7-13)17(21)11-16(20)18(14)2/h3-10H,11H2,1-2H3. The van der Waals surface area contributed by atoms with Gasteiger partial charge in [0.25, 0.3) is 0 Å². The maximum Gasteiger partial charge on any atom is 0.241 e. The molecule has 1 aliphatic rings. The second-order valence-electron chi connectivity index (χ2n) is 5.19. The molecule has 0 radical (unpaired) electrons. The molecule has 2 aromatic rings. The van der Waals surface area contributed by atoms with E-state index in [2.05, 4.69) is 0 Å². The fourth-order valence-corrected chi connectivity index (χ4v) is 2.55. The van der Waals surface area contributed by atoms with Crippen LogP contribution in [0, 0.1) is 6.92 Å². The summed E-state index contributed by atoms with van der Waals surface area (Å²) in [6.07, 6.45) is -0.126. The zero-order valence-electron chi connectivity index (χ0n) is 12.0. The van der Waals surface area contributed by atoms with E-state index in [-0.39, 0.29) is 18.2 Å². The molecular formula is C17H16N2O2. The average molecular weight is 280 g/mol. The highest BCUT2D eigenvalue weighted by Crippen LogP contribution is 2.37. The van der Waals surface area contributed by atoms with Crippen LogP contribution in [0.3, 0.4) is 0 Å². The van der Waals surface area contributed by atoms with Crippen molar-refractivity contribution in [2.45, 2.75) is 13.3 Å². The molecule has 2 amide bonds. The number of aryl methyl sites for hydroxylation is 1. The normalized spacial score (nSPS) is 15.0. The topological polar surface area (TPSA) is 40.6 Å². The third-order valence-corrected chi connectivity index (χ3v) is 3.67. The molecule has 1 heterocycles. The summed E-state index contributed by atoms with van der Waals surface area (Å²) in [5.41, 5.74) is 3.32. The van der Waals surface area contributed by atoms with Crippen LogP contribution in [0.15, 0.2) is 48.5 Å². The predicted molar refractivity (Wildman–Crippen MR) is 82.8 cm³/mol. The molecule has 0 aliphatic carbocycles. The number of nitrogens with zero attached hydrogens (tertiary/aromatic N) is 2. The number of hydrogen-bond donors (Lipinski definition) is 0. The lowest BCUT2D eigenvalue weighted by atomic mass is 10.1. The van der Waals surface area contributed by atoms with E-state index in [0.717, 1.165) is 22.6 Å². The first-order valence-corrected chi connectivity index (χ1v) is 6.83. The van der Waals surface area contributed by atoms with Crippen LogP contribution < -0.4 is 9.80 Å². The Kier molecular flexibility index (Phi) is 3.22. The van der Waals surface area contributed by atoms with Gasteiger partial charge in [-0.3, -0.25) is 14.5 Å². The van der Waals surface area contributed by atoms with Crippen LogP contribution in [0.5, 0.6) is 0 Å². The minimum absolute atomic E-state index is 0.126. The minimum Gasteiger partial charge on any atom is -0.313 e. The van der Waals surface area contributed by atoms with Gasteiger partial charge in [0.15, 0.2) is 0 Å². The second kappa shape index (κ2) is 5.05. The average Bonchev–Trinajstić information content (AvgIpc) is 2.56. The third kappa shape index (κ3) is 2.29. The molecule has 0 unspecified atom stereocenters. The molecule has 2 aromatic carbocycles. The highest BCUT2D eigenvalue weighted by Gasteiger charge is 2.30. The largest absolute Gasteiger partial charge is 0.313 e. The molecule has 0 spiro atoms. The van der Waals surface area contributed by atoms with E-state index < -0.39 is 0 Å². The van der Waals surface area contributed by atoms with E-state index in [0.29, 0.717) is 0 Å². The van der Waals surface area contributed by atoms with Gasteiger partial charge >= 0.3 is 0 Å². The fraction of sp³-hybridized carbons (Fsp3) is 0.176. The fourth-order valence-electron chi connectivity index (χ4n) is 2.55. The summed E-state index contributed by atoms with van der Waals surface area (Å²) in [5.74, 6) is -0.397. The smallest absolute Gasteiger partial charge is 0.241 e. The van der Waals surface area contributed by atoms with E-state index in [1.165, 1.54) is 0 Å². The number of anilines is 3. The van der Waals surface area contributed by atoms with Crippen molar-refractivity contribution in [3.05, 3.63) is 54.1 Å². The van der Waals surface area contributed by atoms with Gasteiger partial charge in [-0.25, -0.2) is 0 Å². The number of fused-ring (bicyclic) bond motifs is 1. The van der Waals surface area contributed by atoms with E-state index in [4.69, 9.17) is 0 Å². The van der Waals surface area contributed by atoms with Crippen molar-refractivity contribution in [1.29, 1.82) is 0 Å². The van der Waals surface area contributed by atoms with Crippen molar-refractivity contribution >= 4 is 28.9 Å². The van der Waals surface area contributed by atoms with Crippen molar-refractivity contribution in [3.63, 3.8) is 0 Å². The van der Waals surface area contributed by atoms with Crippen LogP contribution in [0.4, 0.5) is 17.1 Å². The molecule has 4 nitrogen and oxygen atoms in total. The van der Waals surface area contributed by atoms with Crippen molar-refractivity contribution < 1.29 is 9.59 Å². The van der Waals surface area contributed by atoms with E-state index in [1.807, 2.05) is 55.5 Å². The van der Waals surface area contributed by atoms with Gasteiger partial charge in [-0.05, 0) is 36.8 Å². The maximum absolute atomic E-state index is 12.5. The lowest BCUT2D eigenvalue weighted by Crippen LogP contribution is -2.28. The quantitative estimate of drug-likeness (QED) is 0.753. The lowest BCUT2D eigenvalue weighted by Gasteiger charge is -2.24. The molecule has 1 aliphatic heterocycles. The van der Waals surface area contributed by atoms with Crippen LogP contribution in [0.25, 0.3) is 0 Å². The molecule has 0 atom stereocenters. The van der Waals surface area contributed by atoms with Crippen molar-refractivity contribution in [2.75, 3.05) is 16.8 Å². The Morgan fingerprint density at radius 3 is 2.33 bits per heavy atom. The molecule has 0 N–H and O–H groups in total. The van der Waals surface area contributed by atoms with Gasteiger partial charge in [0, 0.05) is 12.7 Å². The first kappa shape index (κ1) is 13.4. The predicted octanol–water partition coefficient (Wildman–Crippen LogP) is 3.03. The van der Waals surface area contributed by atoms with E-state index in [9.17, 15) is 9.59 Å². The highest BCUT2D eigenvalue weighted by molar-refractivity contribution is 6.17. The maximum atomic E-state index is 12.5. The zero-order chi connectivity index (χ0) is 15.0. The highest BCUT2D eigenvalue weighted by atomic mass is 16.2. The molecule has 3 rings (SSSR count). The Bertz CT molecular complexity index is 710. The van der Waals surface area contributed by atoms with Gasteiger partial charge in [-0.15, -0.1) is 0 Å². The molecule has 0 bridgehead atoms. The number of carbonyl (C=O) groups is 2. The van der Waals surface area contributed by atoms with Gasteiger partial charge in [-0.2, -0.15) is 0 Å². The van der Waals surface area contributed by atoms with Crippen molar-refractivity contribution in [2.24, 2.45) is 0 Å².